The third kappa shape index (κ3) is 2.98. The van der Waals surface area contributed by atoms with Crippen LogP contribution < -0.4 is 19.7 Å². The van der Waals surface area contributed by atoms with E-state index in [4.69, 9.17) is 9.47 Å². The summed E-state index contributed by atoms with van der Waals surface area (Å²) < 4.78 is 11.1. The molecule has 2 aromatic rings. The predicted molar refractivity (Wildman–Crippen MR) is 97.8 cm³/mol. The summed E-state index contributed by atoms with van der Waals surface area (Å²) in [6, 6.07) is 13.0. The molecule has 134 valence electrons. The minimum atomic E-state index is -0.543. The maximum atomic E-state index is 12.5. The molecule has 0 aromatic heterocycles. The zero-order valence-corrected chi connectivity index (χ0v) is 14.5. The molecule has 0 saturated carbocycles. The second kappa shape index (κ2) is 6.71. The highest BCUT2D eigenvalue weighted by molar-refractivity contribution is 5.98. The van der Waals surface area contributed by atoms with Gasteiger partial charge in [0.25, 0.3) is 5.91 Å². The number of carbonyl (C=O) groups is 2. The number of ether oxygens (including phenoxy) is 2. The normalized spacial score (nSPS) is 18.4. The molecule has 6 heteroatoms. The first-order chi connectivity index (χ1) is 12.7. The number of fused-ring (bicyclic) bond motifs is 1. The van der Waals surface area contributed by atoms with Gasteiger partial charge in [-0.15, -0.1) is 0 Å². The van der Waals surface area contributed by atoms with E-state index < -0.39 is 6.10 Å². The molecule has 1 saturated heterocycles. The van der Waals surface area contributed by atoms with Crippen molar-refractivity contribution in [2.45, 2.75) is 25.4 Å². The Hall–Kier alpha value is -3.02. The summed E-state index contributed by atoms with van der Waals surface area (Å²) in [6.45, 7) is 0.690. The van der Waals surface area contributed by atoms with E-state index in [1.54, 1.807) is 24.1 Å². The molecule has 2 aliphatic heterocycles. The number of nitrogens with one attached hydrogen (secondary N) is 1. The topological polar surface area (TPSA) is 67.9 Å². The number of amides is 2. The lowest BCUT2D eigenvalue weighted by Gasteiger charge is -2.20. The maximum Gasteiger partial charge on any atom is 0.265 e. The summed E-state index contributed by atoms with van der Waals surface area (Å²) in [5.74, 6) is 1.22. The van der Waals surface area contributed by atoms with Gasteiger partial charge in [-0.2, -0.15) is 0 Å². The van der Waals surface area contributed by atoms with E-state index in [2.05, 4.69) is 5.32 Å². The number of hydrogen-bond acceptors (Lipinski definition) is 4. The molecule has 0 spiro atoms. The Balaban J connectivity index is 1.48. The molecule has 1 fully saturated rings. The lowest BCUT2D eigenvalue weighted by Crippen LogP contribution is -2.31. The van der Waals surface area contributed by atoms with Crippen LogP contribution in [-0.2, 0) is 16.0 Å². The molecule has 1 N–H and O–H groups in total. The van der Waals surface area contributed by atoms with Crippen LogP contribution in [-0.4, -0.2) is 31.6 Å². The van der Waals surface area contributed by atoms with Crippen molar-refractivity contribution in [3.8, 4) is 11.5 Å². The lowest BCUT2D eigenvalue weighted by atomic mass is 10.1. The third-order valence-electron chi connectivity index (χ3n) is 4.75. The molecule has 1 atom stereocenters. The lowest BCUT2D eigenvalue weighted by molar-refractivity contribution is -0.122. The van der Waals surface area contributed by atoms with Gasteiger partial charge in [0, 0.05) is 31.1 Å². The Kier molecular flexibility index (Phi) is 4.24. The fraction of sp³-hybridized carbons (Fsp3) is 0.300. The van der Waals surface area contributed by atoms with Gasteiger partial charge in [0.1, 0.15) is 11.5 Å². The predicted octanol–water partition coefficient (Wildman–Crippen LogP) is 2.76. The number of rotatable bonds is 4. The van der Waals surface area contributed by atoms with Gasteiger partial charge in [-0.25, -0.2) is 0 Å². The molecule has 2 aromatic carbocycles. The van der Waals surface area contributed by atoms with Crippen LogP contribution in [0.15, 0.2) is 42.5 Å². The van der Waals surface area contributed by atoms with Gasteiger partial charge in [-0.05, 0) is 30.2 Å². The Bertz CT molecular complexity index is 840. The van der Waals surface area contributed by atoms with E-state index in [0.29, 0.717) is 30.8 Å². The van der Waals surface area contributed by atoms with Gasteiger partial charge < -0.3 is 19.7 Å². The number of nitrogens with zero attached hydrogens (tertiary/aromatic N) is 1. The molecule has 2 aliphatic rings. The monoisotopic (exact) mass is 352 g/mol. The highest BCUT2D eigenvalue weighted by Crippen LogP contribution is 2.34. The molecular weight excluding hydrogens is 332 g/mol. The summed E-state index contributed by atoms with van der Waals surface area (Å²) in [5, 5.41) is 2.88. The van der Waals surface area contributed by atoms with Crippen LogP contribution in [0, 0.1) is 0 Å². The van der Waals surface area contributed by atoms with Crippen LogP contribution in [0.4, 0.5) is 11.4 Å². The highest BCUT2D eigenvalue weighted by Gasteiger charge is 2.29. The summed E-state index contributed by atoms with van der Waals surface area (Å²) in [5.41, 5.74) is 2.38. The van der Waals surface area contributed by atoms with Gasteiger partial charge in [-0.3, -0.25) is 9.59 Å². The summed E-state index contributed by atoms with van der Waals surface area (Å²) in [7, 11) is 1.56. The average molecular weight is 352 g/mol. The SMILES string of the molecule is COc1cc(NC(=O)C2Cc3ccccc3O2)ccc1N1CCCC1=O. The van der Waals surface area contributed by atoms with Crippen molar-refractivity contribution < 1.29 is 19.1 Å². The molecule has 2 amide bonds. The maximum absolute atomic E-state index is 12.5. The van der Waals surface area contributed by atoms with Crippen LogP contribution in [0.25, 0.3) is 0 Å². The zero-order valence-electron chi connectivity index (χ0n) is 14.5. The fourth-order valence-corrected chi connectivity index (χ4v) is 3.43. The summed E-state index contributed by atoms with van der Waals surface area (Å²) >= 11 is 0. The molecule has 0 radical (unpaired) electrons. The highest BCUT2D eigenvalue weighted by atomic mass is 16.5. The molecule has 6 nitrogen and oxygen atoms in total. The number of para-hydroxylation sites is 1. The molecule has 26 heavy (non-hydrogen) atoms. The summed E-state index contributed by atoms with van der Waals surface area (Å²) in [4.78, 5) is 26.2. The van der Waals surface area contributed by atoms with Crippen LogP contribution >= 0.6 is 0 Å². The molecular formula is C20H20N2O4. The summed E-state index contributed by atoms with van der Waals surface area (Å²) in [6.07, 6.45) is 1.42. The number of anilines is 2. The Morgan fingerprint density at radius 1 is 1.27 bits per heavy atom. The zero-order chi connectivity index (χ0) is 18.1. The quantitative estimate of drug-likeness (QED) is 0.919. The second-order valence-electron chi connectivity index (χ2n) is 6.44. The van der Waals surface area contributed by atoms with Crippen molar-refractivity contribution in [2.24, 2.45) is 0 Å². The van der Waals surface area contributed by atoms with Crippen molar-refractivity contribution in [1.29, 1.82) is 0 Å². The largest absolute Gasteiger partial charge is 0.494 e. The standard InChI is InChI=1S/C20H20N2O4/c1-25-17-12-14(8-9-15(17)22-10-4-7-19(22)23)21-20(24)18-11-13-5-2-3-6-16(13)26-18/h2-3,5-6,8-9,12,18H,4,7,10-11H2,1H3,(H,21,24). The van der Waals surface area contributed by atoms with Crippen LogP contribution in [0.1, 0.15) is 18.4 Å². The minimum Gasteiger partial charge on any atom is -0.494 e. The van der Waals surface area contributed by atoms with Gasteiger partial charge in [-0.1, -0.05) is 18.2 Å². The van der Waals surface area contributed by atoms with E-state index in [1.807, 2.05) is 30.3 Å². The van der Waals surface area contributed by atoms with E-state index in [0.717, 1.165) is 23.4 Å². The fourth-order valence-electron chi connectivity index (χ4n) is 3.43. The number of benzene rings is 2. The van der Waals surface area contributed by atoms with Crippen molar-refractivity contribution in [3.05, 3.63) is 48.0 Å². The second-order valence-corrected chi connectivity index (χ2v) is 6.44. The molecule has 4 rings (SSSR count). The van der Waals surface area contributed by atoms with Crippen molar-refractivity contribution in [3.63, 3.8) is 0 Å². The van der Waals surface area contributed by atoms with Gasteiger partial charge >= 0.3 is 0 Å². The molecule has 0 aliphatic carbocycles. The van der Waals surface area contributed by atoms with E-state index >= 15 is 0 Å². The first-order valence-corrected chi connectivity index (χ1v) is 8.69. The number of carbonyl (C=O) groups excluding carboxylic acids is 2. The minimum absolute atomic E-state index is 0.0946. The molecule has 1 unspecified atom stereocenters. The first kappa shape index (κ1) is 16.4. The van der Waals surface area contributed by atoms with Crippen molar-refractivity contribution in [2.75, 3.05) is 23.9 Å². The van der Waals surface area contributed by atoms with Gasteiger partial charge in [0.15, 0.2) is 6.10 Å². The Morgan fingerprint density at radius 2 is 2.12 bits per heavy atom. The third-order valence-corrected chi connectivity index (χ3v) is 4.75. The van der Waals surface area contributed by atoms with Crippen molar-refractivity contribution >= 4 is 23.2 Å². The number of methoxy groups -OCH3 is 1. The van der Waals surface area contributed by atoms with Crippen LogP contribution in [0.5, 0.6) is 11.5 Å². The molecule has 2 heterocycles. The van der Waals surface area contributed by atoms with Gasteiger partial charge in [0.2, 0.25) is 5.91 Å². The van der Waals surface area contributed by atoms with Crippen LogP contribution in [0.2, 0.25) is 0 Å². The van der Waals surface area contributed by atoms with E-state index in [1.165, 1.54) is 0 Å². The van der Waals surface area contributed by atoms with Crippen molar-refractivity contribution in [1.82, 2.24) is 0 Å². The number of hydrogen-bond donors (Lipinski definition) is 1. The van der Waals surface area contributed by atoms with E-state index in [-0.39, 0.29) is 11.8 Å². The Labute approximate surface area is 151 Å². The smallest absolute Gasteiger partial charge is 0.265 e. The van der Waals surface area contributed by atoms with Crippen LogP contribution in [0.3, 0.4) is 0 Å². The first-order valence-electron chi connectivity index (χ1n) is 8.69. The average Bonchev–Trinajstić information content (AvgIpc) is 3.27. The Morgan fingerprint density at radius 3 is 2.85 bits per heavy atom. The van der Waals surface area contributed by atoms with E-state index in [9.17, 15) is 9.59 Å². The van der Waals surface area contributed by atoms with Gasteiger partial charge in [0.05, 0.1) is 12.8 Å². The molecule has 0 bridgehead atoms.